The van der Waals surface area contributed by atoms with E-state index in [9.17, 15) is 0 Å². The first-order chi connectivity index (χ1) is 9.72. The van der Waals surface area contributed by atoms with Crippen molar-refractivity contribution >= 4 is 5.84 Å². The molecule has 0 heterocycles. The average Bonchev–Trinajstić information content (AvgIpc) is 2.53. The molecule has 2 rings (SSSR count). The third kappa shape index (κ3) is 3.59. The minimum absolute atomic E-state index is 0.519. The highest BCUT2D eigenvalue weighted by Crippen LogP contribution is 2.14. The van der Waals surface area contributed by atoms with Crippen LogP contribution in [-0.2, 0) is 13.2 Å². The number of hydrogen-bond donors (Lipinski definition) is 2. The predicted octanol–water partition coefficient (Wildman–Crippen LogP) is 2.06. The molecular formula is C16H19N3O. The van der Waals surface area contributed by atoms with E-state index in [4.69, 9.17) is 16.2 Å². The van der Waals surface area contributed by atoms with Crippen LogP contribution >= 0.6 is 0 Å². The number of hydrogen-bond acceptors (Lipinski definition) is 3. The Kier molecular flexibility index (Phi) is 4.74. The molecule has 4 nitrogen and oxygen atoms in total. The molecule has 0 unspecified atom stereocenters. The van der Waals surface area contributed by atoms with Gasteiger partial charge in [-0.15, -0.1) is 0 Å². The summed E-state index contributed by atoms with van der Waals surface area (Å²) < 4.78 is 5.72. The zero-order chi connectivity index (χ0) is 14.4. The molecule has 0 atom stereocenters. The van der Waals surface area contributed by atoms with Crippen molar-refractivity contribution in [1.82, 2.24) is 0 Å². The van der Waals surface area contributed by atoms with Crippen molar-refractivity contribution in [2.45, 2.75) is 13.2 Å². The lowest BCUT2D eigenvalue weighted by Gasteiger charge is -2.08. The topological polar surface area (TPSA) is 73.6 Å². The molecule has 0 saturated carbocycles. The monoisotopic (exact) mass is 269 g/mol. The minimum Gasteiger partial charge on any atom is -0.489 e. The van der Waals surface area contributed by atoms with E-state index >= 15 is 0 Å². The molecule has 0 aliphatic rings. The molecule has 104 valence electrons. The van der Waals surface area contributed by atoms with Gasteiger partial charge in [0.1, 0.15) is 18.2 Å². The highest BCUT2D eigenvalue weighted by Gasteiger charge is 1.99. The van der Waals surface area contributed by atoms with Crippen molar-refractivity contribution in [2.75, 3.05) is 7.05 Å². The first-order valence-electron chi connectivity index (χ1n) is 6.46. The number of nitrogens with two attached hydrogens (primary N) is 2. The van der Waals surface area contributed by atoms with Crippen LogP contribution in [0.2, 0.25) is 0 Å². The first kappa shape index (κ1) is 14.1. The van der Waals surface area contributed by atoms with Gasteiger partial charge in [-0.3, -0.25) is 4.99 Å². The molecule has 2 aromatic rings. The van der Waals surface area contributed by atoms with Crippen LogP contribution in [0.25, 0.3) is 0 Å². The van der Waals surface area contributed by atoms with Gasteiger partial charge in [0.25, 0.3) is 0 Å². The van der Waals surface area contributed by atoms with Gasteiger partial charge in [-0.2, -0.15) is 0 Å². The Bertz CT molecular complexity index is 574. The van der Waals surface area contributed by atoms with Crippen LogP contribution in [-0.4, -0.2) is 12.9 Å². The molecule has 0 aromatic heterocycles. The van der Waals surface area contributed by atoms with Crippen LogP contribution < -0.4 is 16.2 Å². The van der Waals surface area contributed by atoms with Crippen molar-refractivity contribution in [3.8, 4) is 5.75 Å². The quantitative estimate of drug-likeness (QED) is 0.644. The van der Waals surface area contributed by atoms with Gasteiger partial charge < -0.3 is 16.2 Å². The number of aliphatic imine (C=N–C) groups is 1. The fourth-order valence-corrected chi connectivity index (χ4v) is 1.79. The second kappa shape index (κ2) is 6.73. The maximum Gasteiger partial charge on any atom is 0.125 e. The van der Waals surface area contributed by atoms with E-state index in [1.165, 1.54) is 0 Å². The summed E-state index contributed by atoms with van der Waals surface area (Å²) in [6.07, 6.45) is 0. The van der Waals surface area contributed by atoms with Crippen molar-refractivity contribution in [3.05, 3.63) is 65.2 Å². The molecule has 0 aliphatic carbocycles. The normalized spacial score (nSPS) is 11.4. The third-order valence-electron chi connectivity index (χ3n) is 3.06. The smallest absolute Gasteiger partial charge is 0.125 e. The maximum atomic E-state index is 5.75. The molecule has 0 aliphatic heterocycles. The average molecular weight is 269 g/mol. The first-order valence-corrected chi connectivity index (χ1v) is 6.46. The molecule has 0 fully saturated rings. The highest BCUT2D eigenvalue weighted by atomic mass is 16.5. The summed E-state index contributed by atoms with van der Waals surface area (Å²) in [6.45, 7) is 1.06. The van der Waals surface area contributed by atoms with Crippen molar-refractivity contribution in [2.24, 2.45) is 16.5 Å². The Labute approximate surface area is 119 Å². The van der Waals surface area contributed by atoms with E-state index < -0.39 is 0 Å². The number of nitrogens with zero attached hydrogens (tertiary/aromatic N) is 1. The Morgan fingerprint density at radius 2 is 1.60 bits per heavy atom. The molecule has 20 heavy (non-hydrogen) atoms. The van der Waals surface area contributed by atoms with Gasteiger partial charge in [0.15, 0.2) is 0 Å². The van der Waals surface area contributed by atoms with Crippen molar-refractivity contribution in [1.29, 1.82) is 0 Å². The Hall–Kier alpha value is -2.33. The van der Waals surface area contributed by atoms with Crippen molar-refractivity contribution < 1.29 is 4.74 Å². The van der Waals surface area contributed by atoms with Gasteiger partial charge >= 0.3 is 0 Å². The standard InChI is InChI=1S/C16H19N3O/c1-19-16(18)14-6-2-13(3-7-14)11-20-15-8-4-12(10-17)5-9-15/h2-9H,10-11,17H2,1H3,(H2,18,19). The van der Waals surface area contributed by atoms with Crippen LogP contribution in [0.15, 0.2) is 53.5 Å². The summed E-state index contributed by atoms with van der Waals surface area (Å²) >= 11 is 0. The summed E-state index contributed by atoms with van der Waals surface area (Å²) in [6, 6.07) is 15.7. The van der Waals surface area contributed by atoms with Crippen LogP contribution in [0.1, 0.15) is 16.7 Å². The molecule has 0 radical (unpaired) electrons. The van der Waals surface area contributed by atoms with E-state index in [2.05, 4.69) is 4.99 Å². The van der Waals surface area contributed by atoms with Gasteiger partial charge in [0, 0.05) is 19.2 Å². The lowest BCUT2D eigenvalue weighted by Crippen LogP contribution is -2.12. The van der Waals surface area contributed by atoms with E-state index in [-0.39, 0.29) is 0 Å². The summed E-state index contributed by atoms with van der Waals surface area (Å²) in [5, 5.41) is 0. The van der Waals surface area contributed by atoms with Crippen LogP contribution in [0.5, 0.6) is 5.75 Å². The van der Waals surface area contributed by atoms with E-state index in [0.717, 1.165) is 22.4 Å². The molecule has 0 bridgehead atoms. The summed E-state index contributed by atoms with van der Waals surface area (Å²) in [5.41, 5.74) is 14.4. The van der Waals surface area contributed by atoms with Crippen molar-refractivity contribution in [3.63, 3.8) is 0 Å². The lowest BCUT2D eigenvalue weighted by molar-refractivity contribution is 0.306. The summed E-state index contributed by atoms with van der Waals surface area (Å²) in [7, 11) is 1.68. The second-order valence-electron chi connectivity index (χ2n) is 4.44. The van der Waals surface area contributed by atoms with Gasteiger partial charge in [-0.1, -0.05) is 36.4 Å². The summed E-state index contributed by atoms with van der Waals surface area (Å²) in [4.78, 5) is 3.95. The largest absolute Gasteiger partial charge is 0.489 e. The van der Waals surface area contributed by atoms with Crippen LogP contribution in [0, 0.1) is 0 Å². The Balaban J connectivity index is 1.96. The highest BCUT2D eigenvalue weighted by molar-refractivity contribution is 5.97. The third-order valence-corrected chi connectivity index (χ3v) is 3.06. The van der Waals surface area contributed by atoms with E-state index in [1.807, 2.05) is 48.5 Å². The fourth-order valence-electron chi connectivity index (χ4n) is 1.79. The molecule has 4 heteroatoms. The van der Waals surface area contributed by atoms with Crippen LogP contribution in [0.3, 0.4) is 0 Å². The van der Waals surface area contributed by atoms with Gasteiger partial charge in [-0.05, 0) is 23.3 Å². The van der Waals surface area contributed by atoms with E-state index in [0.29, 0.717) is 19.0 Å². The molecule has 0 amide bonds. The number of rotatable bonds is 5. The zero-order valence-electron chi connectivity index (χ0n) is 11.5. The SMILES string of the molecule is CN=C(N)c1ccc(COc2ccc(CN)cc2)cc1. The predicted molar refractivity (Wildman–Crippen MR) is 81.8 cm³/mol. The molecular weight excluding hydrogens is 250 g/mol. The number of amidine groups is 1. The fraction of sp³-hybridized carbons (Fsp3) is 0.188. The number of benzene rings is 2. The molecule has 0 spiro atoms. The molecule has 2 aromatic carbocycles. The maximum absolute atomic E-state index is 5.75. The molecule has 0 saturated heterocycles. The Morgan fingerprint density at radius 3 is 2.15 bits per heavy atom. The van der Waals surface area contributed by atoms with Gasteiger partial charge in [0.2, 0.25) is 0 Å². The summed E-state index contributed by atoms with van der Waals surface area (Å²) in [5.74, 6) is 1.37. The van der Waals surface area contributed by atoms with Gasteiger partial charge in [0.05, 0.1) is 0 Å². The molecule has 4 N–H and O–H groups in total. The zero-order valence-corrected chi connectivity index (χ0v) is 11.5. The van der Waals surface area contributed by atoms with Crippen LogP contribution in [0.4, 0.5) is 0 Å². The Morgan fingerprint density at radius 1 is 1.00 bits per heavy atom. The minimum atomic E-state index is 0.519. The van der Waals surface area contributed by atoms with E-state index in [1.54, 1.807) is 7.05 Å². The lowest BCUT2D eigenvalue weighted by atomic mass is 10.1. The second-order valence-corrected chi connectivity index (χ2v) is 4.44. The number of ether oxygens (including phenoxy) is 1. The van der Waals surface area contributed by atoms with Gasteiger partial charge in [-0.25, -0.2) is 0 Å².